The summed E-state index contributed by atoms with van der Waals surface area (Å²) in [5.41, 5.74) is 0. The number of hydrogen-bond donors (Lipinski definition) is 0. The molecule has 0 N–H and O–H groups in total. The van der Waals surface area contributed by atoms with Gasteiger partial charge in [-0.3, -0.25) is 0 Å². The molecule has 0 aliphatic carbocycles. The molecule has 0 unspecified atom stereocenters. The normalized spacial score (nSPS) is 12.2. The van der Waals surface area contributed by atoms with Crippen LogP contribution in [0.2, 0.25) is 0 Å². The summed E-state index contributed by atoms with van der Waals surface area (Å²) in [4.78, 5) is 0. The second-order valence-electron chi connectivity index (χ2n) is 10.6. The summed E-state index contributed by atoms with van der Waals surface area (Å²) in [7, 11) is 4.83. The van der Waals surface area contributed by atoms with Gasteiger partial charge in [-0.15, -0.1) is 0 Å². The minimum Gasteiger partial charge on any atom is -0.328 e. The summed E-state index contributed by atoms with van der Waals surface area (Å²) >= 11 is 0. The van der Waals surface area contributed by atoms with Crippen molar-refractivity contribution in [2.24, 2.45) is 5.92 Å². The second-order valence-corrected chi connectivity index (χ2v) is 10.6. The van der Waals surface area contributed by atoms with Crippen LogP contribution in [-0.2, 0) is 0 Å². The van der Waals surface area contributed by atoms with Crippen LogP contribution < -0.4 is 0 Å². The van der Waals surface area contributed by atoms with Crippen LogP contribution in [0.3, 0.4) is 0 Å². The molecule has 0 radical (unpaired) electrons. The Labute approximate surface area is 180 Å². The first-order chi connectivity index (χ1) is 13.5. The highest BCUT2D eigenvalue weighted by molar-refractivity contribution is 4.51. The van der Waals surface area contributed by atoms with Crippen molar-refractivity contribution in [1.29, 1.82) is 0 Å². The zero-order valence-corrected chi connectivity index (χ0v) is 20.9. The van der Waals surface area contributed by atoms with Crippen molar-refractivity contribution in [3.63, 3.8) is 0 Å². The van der Waals surface area contributed by atoms with Gasteiger partial charge in [-0.1, -0.05) is 124 Å². The molecule has 1 nitrogen and oxygen atoms in total. The summed E-state index contributed by atoms with van der Waals surface area (Å²) < 4.78 is 1.22. The minimum absolute atomic E-state index is 0.845. The Kier molecular flexibility index (Phi) is 20.2. The van der Waals surface area contributed by atoms with Crippen LogP contribution in [0.25, 0.3) is 0 Å². The van der Waals surface area contributed by atoms with Crippen LogP contribution in [0.15, 0.2) is 0 Å². The van der Waals surface area contributed by atoms with Gasteiger partial charge in [-0.2, -0.15) is 0 Å². The summed E-state index contributed by atoms with van der Waals surface area (Å²) in [6, 6.07) is 0. The fourth-order valence-corrected chi connectivity index (χ4v) is 4.16. The van der Waals surface area contributed by atoms with Crippen molar-refractivity contribution in [3.05, 3.63) is 0 Å². The van der Waals surface area contributed by atoms with Gasteiger partial charge in [0.05, 0.1) is 27.2 Å². The molecule has 0 heterocycles. The van der Waals surface area contributed by atoms with Crippen LogP contribution in [0, 0.1) is 5.92 Å². The van der Waals surface area contributed by atoms with Crippen LogP contribution in [0.1, 0.15) is 143 Å². The molecule has 0 bridgehead atoms. The van der Waals surface area contributed by atoms with Crippen molar-refractivity contribution in [1.82, 2.24) is 0 Å². The molecule has 0 aromatic carbocycles. The number of hydrogen-bond acceptors (Lipinski definition) is 0. The van der Waals surface area contributed by atoms with E-state index in [1.165, 1.54) is 140 Å². The molecule has 28 heavy (non-hydrogen) atoms. The van der Waals surface area contributed by atoms with Crippen molar-refractivity contribution >= 4 is 0 Å². The zero-order chi connectivity index (χ0) is 20.9. The molecule has 0 rings (SSSR count). The van der Waals surface area contributed by atoms with Gasteiger partial charge < -0.3 is 4.48 Å². The molecule has 0 aromatic heterocycles. The molecule has 0 amide bonds. The van der Waals surface area contributed by atoms with Crippen LogP contribution in [0.5, 0.6) is 0 Å². The highest BCUT2D eigenvalue weighted by Crippen LogP contribution is 2.15. The second kappa shape index (κ2) is 20.2. The van der Waals surface area contributed by atoms with Crippen molar-refractivity contribution < 1.29 is 4.48 Å². The highest BCUT2D eigenvalue weighted by Gasteiger charge is 2.14. The fraction of sp³-hybridized carbons (Fsp3) is 1.00. The quantitative estimate of drug-likeness (QED) is 0.126. The first-order valence-corrected chi connectivity index (χ1v) is 13.3. The third-order valence-corrected chi connectivity index (χ3v) is 6.43. The van der Waals surface area contributed by atoms with Gasteiger partial charge in [0.2, 0.25) is 0 Å². The third kappa shape index (κ3) is 22.3. The van der Waals surface area contributed by atoms with Crippen LogP contribution in [0.4, 0.5) is 0 Å². The first kappa shape index (κ1) is 28.0. The SMILES string of the molecule is CCCCCCCCCCCCCCCCCCCC[N+](C)(C)CCC(C)C. The lowest BCUT2D eigenvalue weighted by Crippen LogP contribution is -2.41. The zero-order valence-electron chi connectivity index (χ0n) is 20.9. The van der Waals surface area contributed by atoms with E-state index in [4.69, 9.17) is 0 Å². The topological polar surface area (TPSA) is 0 Å². The lowest BCUT2D eigenvalue weighted by Gasteiger charge is -2.30. The Bertz CT molecular complexity index is 295. The molecule has 0 aromatic rings. The summed E-state index contributed by atoms with van der Waals surface area (Å²) in [5, 5.41) is 0. The van der Waals surface area contributed by atoms with E-state index >= 15 is 0 Å². The Balaban J connectivity index is 3.18. The molecular weight excluding hydrogens is 338 g/mol. The minimum atomic E-state index is 0.845. The standard InChI is InChI=1S/C27H58N/c1-6-7-8-9-10-11-12-13-14-15-16-17-18-19-20-21-22-23-25-28(4,5)26-24-27(2)3/h27H,6-26H2,1-5H3/q+1. The molecule has 0 saturated heterocycles. The predicted molar refractivity (Wildman–Crippen MR) is 130 cm³/mol. The van der Waals surface area contributed by atoms with Gasteiger partial charge in [-0.25, -0.2) is 0 Å². The van der Waals surface area contributed by atoms with E-state index < -0.39 is 0 Å². The molecule has 170 valence electrons. The maximum atomic E-state index is 2.41. The fourth-order valence-electron chi connectivity index (χ4n) is 4.16. The maximum Gasteiger partial charge on any atom is 0.0784 e. The van der Waals surface area contributed by atoms with Crippen LogP contribution in [-0.4, -0.2) is 31.7 Å². The lowest BCUT2D eigenvalue weighted by molar-refractivity contribution is -0.891. The van der Waals surface area contributed by atoms with Crippen molar-refractivity contribution in [3.8, 4) is 0 Å². The Morgan fingerprint density at radius 1 is 0.464 bits per heavy atom. The smallest absolute Gasteiger partial charge is 0.0784 e. The van der Waals surface area contributed by atoms with Gasteiger partial charge in [0.1, 0.15) is 0 Å². The van der Waals surface area contributed by atoms with E-state index in [1.807, 2.05) is 0 Å². The van der Waals surface area contributed by atoms with E-state index in [9.17, 15) is 0 Å². The molecule has 0 fully saturated rings. The molecule has 0 spiro atoms. The van der Waals surface area contributed by atoms with E-state index in [2.05, 4.69) is 34.9 Å². The molecule has 0 aliphatic rings. The molecule has 0 saturated carbocycles. The van der Waals surface area contributed by atoms with Gasteiger partial charge in [0.15, 0.2) is 0 Å². The number of unbranched alkanes of at least 4 members (excludes halogenated alkanes) is 17. The lowest BCUT2D eigenvalue weighted by atomic mass is 10.0. The monoisotopic (exact) mass is 396 g/mol. The van der Waals surface area contributed by atoms with Gasteiger partial charge in [0, 0.05) is 0 Å². The average molecular weight is 397 g/mol. The Morgan fingerprint density at radius 2 is 0.786 bits per heavy atom. The molecular formula is C27H58N+. The molecule has 0 atom stereocenters. The van der Waals surface area contributed by atoms with E-state index in [1.54, 1.807) is 0 Å². The largest absolute Gasteiger partial charge is 0.328 e. The number of quaternary nitrogens is 1. The van der Waals surface area contributed by atoms with Gasteiger partial charge in [0.25, 0.3) is 0 Å². The van der Waals surface area contributed by atoms with Crippen molar-refractivity contribution in [2.45, 2.75) is 143 Å². The van der Waals surface area contributed by atoms with Gasteiger partial charge >= 0.3 is 0 Å². The number of nitrogens with zero attached hydrogens (tertiary/aromatic N) is 1. The van der Waals surface area contributed by atoms with Gasteiger partial charge in [-0.05, 0) is 25.2 Å². The Morgan fingerprint density at radius 3 is 1.11 bits per heavy atom. The maximum absolute atomic E-state index is 2.41. The highest BCUT2D eigenvalue weighted by atomic mass is 15.3. The van der Waals surface area contributed by atoms with Crippen molar-refractivity contribution in [2.75, 3.05) is 27.2 Å². The molecule has 1 heteroatoms. The van der Waals surface area contributed by atoms with E-state index in [-0.39, 0.29) is 0 Å². The summed E-state index contributed by atoms with van der Waals surface area (Å²) in [5.74, 6) is 0.845. The summed E-state index contributed by atoms with van der Waals surface area (Å²) in [6.07, 6.45) is 27.7. The van der Waals surface area contributed by atoms with Crippen LogP contribution >= 0.6 is 0 Å². The van der Waals surface area contributed by atoms with E-state index in [0.29, 0.717) is 0 Å². The third-order valence-electron chi connectivity index (χ3n) is 6.43. The number of rotatable bonds is 22. The molecule has 0 aliphatic heterocycles. The predicted octanol–water partition coefficient (Wildman–Crippen LogP) is 9.15. The Hall–Kier alpha value is -0.0400. The van der Waals surface area contributed by atoms with E-state index in [0.717, 1.165) is 5.92 Å². The average Bonchev–Trinajstić information content (AvgIpc) is 2.65. The summed E-state index contributed by atoms with van der Waals surface area (Å²) in [6.45, 7) is 9.70. The first-order valence-electron chi connectivity index (χ1n) is 13.3.